The summed E-state index contributed by atoms with van der Waals surface area (Å²) in [5.74, 6) is 0.720. The van der Waals surface area contributed by atoms with Gasteiger partial charge >= 0.3 is 5.97 Å². The average molecular weight is 822 g/mol. The van der Waals surface area contributed by atoms with Gasteiger partial charge < -0.3 is 20.6 Å². The molecule has 56 heavy (non-hydrogen) atoms. The highest BCUT2D eigenvalue weighted by Crippen LogP contribution is 2.43. The van der Waals surface area contributed by atoms with E-state index >= 15 is 0 Å². The minimum absolute atomic E-state index is 0.0428. The number of nitrogens with zero attached hydrogens (tertiary/aromatic N) is 5. The molecule has 4 aliphatic rings. The van der Waals surface area contributed by atoms with Gasteiger partial charge in [0.15, 0.2) is 10.2 Å². The van der Waals surface area contributed by atoms with Gasteiger partial charge in [-0.1, -0.05) is 35.7 Å². The minimum atomic E-state index is -0.729. The first-order valence-electron chi connectivity index (χ1n) is 18.2. The van der Waals surface area contributed by atoms with E-state index in [-0.39, 0.29) is 28.0 Å². The number of anilines is 4. The summed E-state index contributed by atoms with van der Waals surface area (Å²) >= 11 is 5.82. The molecular weight excluding hydrogens is 787 g/mol. The number of carbonyl (C=O) groups excluding carboxylic acids is 3. The van der Waals surface area contributed by atoms with Crippen LogP contribution in [0.15, 0.2) is 58.8 Å². The van der Waals surface area contributed by atoms with Crippen molar-refractivity contribution >= 4 is 112 Å². The van der Waals surface area contributed by atoms with Crippen molar-refractivity contribution in [1.82, 2.24) is 24.8 Å². The van der Waals surface area contributed by atoms with Crippen molar-refractivity contribution in [2.75, 3.05) is 24.7 Å². The summed E-state index contributed by atoms with van der Waals surface area (Å²) < 4.78 is 0. The Kier molecular flexibility index (Phi) is 9.76. The number of aryl methyl sites for hydroxylation is 2. The number of carbonyl (C=O) groups is 4. The molecular formula is C40H35N7O5S4. The number of benzene rings is 2. The highest BCUT2D eigenvalue weighted by atomic mass is 32.2. The Morgan fingerprint density at radius 2 is 1.20 bits per heavy atom. The topological polar surface area (TPSA) is 167 Å². The monoisotopic (exact) mass is 821 g/mol. The molecule has 2 aliphatic heterocycles. The van der Waals surface area contributed by atoms with E-state index in [4.69, 9.17) is 0 Å². The SMILES string of the molecule is CN(C)C(=O)C1CCc2c(sc3ncnc(Nc4ccc5c(c4)SC(=O)C5)c23)C1.O=C1Cc2ccc(Nc3ncnc4sc5c(c34)CCC(C(=O)O)C5)cc2S1. The van der Waals surface area contributed by atoms with Crippen LogP contribution in [0, 0.1) is 11.8 Å². The molecule has 10 rings (SSSR count). The zero-order chi connectivity index (χ0) is 38.7. The largest absolute Gasteiger partial charge is 0.481 e. The fraction of sp³-hybridized carbons (Fsp3) is 0.300. The Balaban J connectivity index is 0.000000147. The molecule has 2 aromatic carbocycles. The molecule has 0 spiro atoms. The lowest BCUT2D eigenvalue weighted by Crippen LogP contribution is -2.32. The van der Waals surface area contributed by atoms with Crippen LogP contribution in [-0.4, -0.2) is 66.1 Å². The van der Waals surface area contributed by atoms with Crippen molar-refractivity contribution < 1.29 is 24.3 Å². The lowest BCUT2D eigenvalue weighted by molar-refractivity contribution is -0.142. The summed E-state index contributed by atoms with van der Waals surface area (Å²) in [6, 6.07) is 12.0. The number of hydrogen-bond acceptors (Lipinski definition) is 14. The summed E-state index contributed by atoms with van der Waals surface area (Å²) in [6.07, 6.45) is 8.51. The molecule has 284 valence electrons. The number of aliphatic carboxylic acids is 1. The van der Waals surface area contributed by atoms with E-state index in [0.29, 0.717) is 25.7 Å². The van der Waals surface area contributed by atoms with Crippen molar-refractivity contribution in [3.8, 4) is 0 Å². The highest BCUT2D eigenvalue weighted by Gasteiger charge is 2.31. The number of rotatable bonds is 6. The minimum Gasteiger partial charge on any atom is -0.481 e. The molecule has 2 atom stereocenters. The van der Waals surface area contributed by atoms with E-state index in [9.17, 15) is 24.3 Å². The molecule has 6 aromatic rings. The van der Waals surface area contributed by atoms with Gasteiger partial charge in [-0.25, -0.2) is 19.9 Å². The molecule has 3 N–H and O–H groups in total. The standard InChI is InChI=1S/C21H20N4O2S2.C19H15N3O3S2/c1-25(2)21(27)12-4-6-14-16(7-12)29-20-18(14)19(22-10-23-20)24-13-5-3-11-8-17(26)28-15(11)9-13;23-15-6-9-1-3-11(7-13(9)26-15)22-17-16-12-4-2-10(19(24)25)5-14(12)27-18(16)21-8-20-17/h3,5,9-10,12H,4,6-8H2,1-2H3,(H,22,23,24);1,3,7-8,10H,2,4-6H2,(H,24,25)(H,20,21,22). The van der Waals surface area contributed by atoms with Crippen molar-refractivity contribution in [2.45, 2.75) is 61.2 Å². The van der Waals surface area contributed by atoms with Crippen LogP contribution in [0.25, 0.3) is 20.4 Å². The molecule has 1 amide bonds. The Bertz CT molecular complexity index is 2620. The number of thioether (sulfide) groups is 2. The van der Waals surface area contributed by atoms with Crippen LogP contribution in [0.1, 0.15) is 44.8 Å². The predicted octanol–water partition coefficient (Wildman–Crippen LogP) is 7.60. The Morgan fingerprint density at radius 1 is 0.714 bits per heavy atom. The number of hydrogen-bond donors (Lipinski definition) is 3. The third kappa shape index (κ3) is 7.03. The van der Waals surface area contributed by atoms with Crippen LogP contribution in [0.5, 0.6) is 0 Å². The highest BCUT2D eigenvalue weighted by molar-refractivity contribution is 8.14. The molecule has 0 saturated carbocycles. The first-order valence-corrected chi connectivity index (χ1v) is 21.5. The van der Waals surface area contributed by atoms with Crippen molar-refractivity contribution in [3.05, 3.63) is 81.1 Å². The smallest absolute Gasteiger partial charge is 0.306 e. The molecule has 4 aromatic heterocycles. The third-order valence-corrected chi connectivity index (χ3v) is 14.9. The number of carboxylic acid groups (broad SMARTS) is 1. The van der Waals surface area contributed by atoms with Gasteiger partial charge in [-0.15, -0.1) is 22.7 Å². The van der Waals surface area contributed by atoms with Gasteiger partial charge in [-0.2, -0.15) is 0 Å². The normalized spacial score (nSPS) is 18.1. The third-order valence-electron chi connectivity index (χ3n) is 10.6. The van der Waals surface area contributed by atoms with Gasteiger partial charge in [0, 0.05) is 63.8 Å². The van der Waals surface area contributed by atoms with E-state index in [1.54, 1.807) is 33.9 Å². The Labute approximate surface area is 337 Å². The second-order valence-corrected chi connectivity index (χ2v) is 18.8. The zero-order valence-corrected chi connectivity index (χ0v) is 33.6. The Hall–Kier alpha value is -4.90. The lowest BCUT2D eigenvalue weighted by Gasteiger charge is -2.24. The number of amides is 1. The maximum atomic E-state index is 12.4. The fourth-order valence-corrected chi connectivity index (χ4v) is 12.2. The molecule has 6 heterocycles. The van der Waals surface area contributed by atoms with E-state index in [1.807, 2.05) is 50.5 Å². The van der Waals surface area contributed by atoms with Crippen LogP contribution in [0.3, 0.4) is 0 Å². The van der Waals surface area contributed by atoms with E-state index in [2.05, 4.69) is 30.6 Å². The van der Waals surface area contributed by atoms with E-state index in [1.165, 1.54) is 45.9 Å². The van der Waals surface area contributed by atoms with Crippen LogP contribution < -0.4 is 10.6 Å². The van der Waals surface area contributed by atoms with Gasteiger partial charge in [0.1, 0.15) is 34.0 Å². The summed E-state index contributed by atoms with van der Waals surface area (Å²) in [6.45, 7) is 0. The first kappa shape index (κ1) is 36.7. The van der Waals surface area contributed by atoms with Gasteiger partial charge in [-0.05, 0) is 85.0 Å². The molecule has 2 aliphatic carbocycles. The molecule has 12 nitrogen and oxygen atoms in total. The fourth-order valence-electron chi connectivity index (χ4n) is 7.85. The molecule has 0 bridgehead atoms. The quantitative estimate of drug-likeness (QED) is 0.150. The van der Waals surface area contributed by atoms with E-state index < -0.39 is 5.97 Å². The maximum absolute atomic E-state index is 12.4. The second kappa shape index (κ2) is 14.9. The summed E-state index contributed by atoms with van der Waals surface area (Å²) in [5.41, 5.74) is 6.39. The molecule has 0 saturated heterocycles. The Morgan fingerprint density at radius 3 is 1.68 bits per heavy atom. The van der Waals surface area contributed by atoms with E-state index in [0.717, 1.165) is 94.9 Å². The summed E-state index contributed by atoms with van der Waals surface area (Å²) in [5, 5.41) is 18.6. The van der Waals surface area contributed by atoms with Gasteiger partial charge in [0.2, 0.25) is 5.91 Å². The average Bonchev–Trinajstić information content (AvgIpc) is 3.95. The van der Waals surface area contributed by atoms with Gasteiger partial charge in [0.05, 0.1) is 16.7 Å². The van der Waals surface area contributed by atoms with Gasteiger partial charge in [0.25, 0.3) is 0 Å². The maximum Gasteiger partial charge on any atom is 0.306 e. The summed E-state index contributed by atoms with van der Waals surface area (Å²) in [4.78, 5) is 72.8. The zero-order valence-electron chi connectivity index (χ0n) is 30.4. The first-order chi connectivity index (χ1) is 27.1. The van der Waals surface area contributed by atoms with Crippen LogP contribution in [0.4, 0.5) is 23.0 Å². The van der Waals surface area contributed by atoms with Crippen molar-refractivity contribution in [3.63, 3.8) is 0 Å². The second-order valence-electron chi connectivity index (χ2n) is 14.5. The van der Waals surface area contributed by atoms with Crippen molar-refractivity contribution in [1.29, 1.82) is 0 Å². The van der Waals surface area contributed by atoms with Crippen molar-refractivity contribution in [2.24, 2.45) is 11.8 Å². The number of carboxylic acids is 1. The summed E-state index contributed by atoms with van der Waals surface area (Å²) in [7, 11) is 3.64. The van der Waals surface area contributed by atoms with Gasteiger partial charge in [-0.3, -0.25) is 19.2 Å². The molecule has 0 radical (unpaired) electrons. The van der Waals surface area contributed by atoms with Crippen LogP contribution in [0.2, 0.25) is 0 Å². The number of aromatic nitrogens is 4. The molecule has 16 heteroatoms. The number of fused-ring (bicyclic) bond motifs is 8. The lowest BCUT2D eigenvalue weighted by atomic mass is 9.87. The number of thiophene rings is 2. The van der Waals surface area contributed by atoms with Crippen LogP contribution >= 0.6 is 46.2 Å². The molecule has 2 unspecified atom stereocenters. The van der Waals surface area contributed by atoms with Crippen LogP contribution in [-0.2, 0) is 57.7 Å². The predicted molar refractivity (Wildman–Crippen MR) is 221 cm³/mol. The molecule has 0 fully saturated rings. The number of nitrogens with one attached hydrogen (secondary N) is 2.